The fourth-order valence-corrected chi connectivity index (χ4v) is 1.11. The Morgan fingerprint density at radius 2 is 2.33 bits per heavy atom. The minimum absolute atomic E-state index is 0.256. The molecule has 0 aliphatic heterocycles. The number of H-pyrrole nitrogens is 2. The highest BCUT2D eigenvalue weighted by Crippen LogP contribution is 2.05. The van der Waals surface area contributed by atoms with Gasteiger partial charge >= 0.3 is 0 Å². The molecule has 0 aliphatic carbocycles. The van der Waals surface area contributed by atoms with Crippen LogP contribution in [-0.4, -0.2) is 26.2 Å². The van der Waals surface area contributed by atoms with Crippen LogP contribution in [0, 0.1) is 5.92 Å². The van der Waals surface area contributed by atoms with Crippen molar-refractivity contribution in [3.8, 4) is 0 Å². The van der Waals surface area contributed by atoms with Crippen LogP contribution in [0.4, 0.5) is 5.95 Å². The van der Waals surface area contributed by atoms with Gasteiger partial charge in [0.15, 0.2) is 11.2 Å². The quantitative estimate of drug-likeness (QED) is 0.717. The Kier molecular flexibility index (Phi) is 2.32. The summed E-state index contributed by atoms with van der Waals surface area (Å²) in [6, 6.07) is 0. The molecule has 0 saturated carbocycles. The number of aliphatic imine (C=N–C) groups is 1. The van der Waals surface area contributed by atoms with Gasteiger partial charge in [0.25, 0.3) is 5.56 Å². The van der Waals surface area contributed by atoms with Gasteiger partial charge in [-0.25, -0.2) is 9.98 Å². The third kappa shape index (κ3) is 1.93. The van der Waals surface area contributed by atoms with Crippen molar-refractivity contribution in [2.45, 2.75) is 13.8 Å². The molecule has 0 radical (unpaired) electrons. The normalized spacial score (nSPS) is 11.9. The van der Waals surface area contributed by atoms with E-state index in [-0.39, 0.29) is 11.5 Å². The SMILES string of the molecule is CC(C)C=Nc1nc2nc[nH]c2c(=O)[nH]1. The smallest absolute Gasteiger partial charge is 0.278 e. The molecule has 78 valence electrons. The molecule has 0 amide bonds. The second kappa shape index (κ2) is 3.64. The van der Waals surface area contributed by atoms with Crippen LogP contribution in [0.15, 0.2) is 16.1 Å². The molecule has 2 heterocycles. The van der Waals surface area contributed by atoms with Crippen molar-refractivity contribution in [1.82, 2.24) is 19.9 Å². The maximum Gasteiger partial charge on any atom is 0.278 e. The van der Waals surface area contributed by atoms with E-state index in [0.717, 1.165) is 0 Å². The molecule has 0 atom stereocenters. The number of aromatic amines is 2. The summed E-state index contributed by atoms with van der Waals surface area (Å²) in [7, 11) is 0. The van der Waals surface area contributed by atoms with Crippen molar-refractivity contribution in [2.75, 3.05) is 0 Å². The van der Waals surface area contributed by atoms with Gasteiger partial charge in [0.2, 0.25) is 5.95 Å². The Morgan fingerprint density at radius 3 is 3.07 bits per heavy atom. The zero-order chi connectivity index (χ0) is 10.8. The van der Waals surface area contributed by atoms with E-state index in [2.05, 4.69) is 24.9 Å². The molecular formula is C9H11N5O. The molecule has 6 nitrogen and oxygen atoms in total. The number of rotatable bonds is 2. The summed E-state index contributed by atoms with van der Waals surface area (Å²) in [5.41, 5.74) is 0.501. The van der Waals surface area contributed by atoms with Gasteiger partial charge in [0.1, 0.15) is 0 Å². The second-order valence-electron chi connectivity index (χ2n) is 3.51. The van der Waals surface area contributed by atoms with E-state index in [0.29, 0.717) is 17.1 Å². The molecule has 0 saturated heterocycles. The summed E-state index contributed by atoms with van der Waals surface area (Å²) < 4.78 is 0. The zero-order valence-electron chi connectivity index (χ0n) is 8.48. The predicted molar refractivity (Wildman–Crippen MR) is 57.5 cm³/mol. The Morgan fingerprint density at radius 1 is 1.53 bits per heavy atom. The van der Waals surface area contributed by atoms with Gasteiger partial charge in [-0.15, -0.1) is 0 Å². The summed E-state index contributed by atoms with van der Waals surface area (Å²) >= 11 is 0. The number of nitrogens with zero attached hydrogens (tertiary/aromatic N) is 3. The molecule has 15 heavy (non-hydrogen) atoms. The van der Waals surface area contributed by atoms with E-state index in [9.17, 15) is 4.79 Å². The number of hydrogen-bond acceptors (Lipinski definition) is 4. The molecule has 0 spiro atoms. The molecule has 0 aliphatic rings. The first-order valence-electron chi connectivity index (χ1n) is 4.64. The lowest BCUT2D eigenvalue weighted by Gasteiger charge is -1.94. The number of nitrogens with one attached hydrogen (secondary N) is 2. The monoisotopic (exact) mass is 205 g/mol. The first-order chi connectivity index (χ1) is 7.16. The molecule has 2 aromatic rings. The van der Waals surface area contributed by atoms with Gasteiger partial charge in [-0.3, -0.25) is 9.78 Å². The summed E-state index contributed by atoms with van der Waals surface area (Å²) in [5.74, 6) is 0.596. The standard InChI is InChI=1S/C9H11N5O/c1-5(2)3-10-9-13-7-6(8(15)14-9)11-4-12-7/h3-5H,1-2H3,(H2,11,12,13,14,15). The van der Waals surface area contributed by atoms with E-state index >= 15 is 0 Å². The highest BCUT2D eigenvalue weighted by molar-refractivity contribution is 5.70. The van der Waals surface area contributed by atoms with E-state index in [1.165, 1.54) is 6.33 Å². The lowest BCUT2D eigenvalue weighted by Crippen LogP contribution is -2.07. The van der Waals surface area contributed by atoms with Crippen molar-refractivity contribution in [3.63, 3.8) is 0 Å². The Balaban J connectivity index is 2.50. The van der Waals surface area contributed by atoms with Crippen LogP contribution in [-0.2, 0) is 0 Å². The van der Waals surface area contributed by atoms with E-state index < -0.39 is 0 Å². The van der Waals surface area contributed by atoms with Gasteiger partial charge in [-0.05, 0) is 5.92 Å². The summed E-state index contributed by atoms with van der Waals surface area (Å²) in [5, 5.41) is 0. The summed E-state index contributed by atoms with van der Waals surface area (Å²) in [6.45, 7) is 3.99. The van der Waals surface area contributed by atoms with E-state index in [4.69, 9.17) is 0 Å². The van der Waals surface area contributed by atoms with Crippen LogP contribution in [0.25, 0.3) is 11.2 Å². The Labute approximate surface area is 85.5 Å². The molecule has 0 bridgehead atoms. The highest BCUT2D eigenvalue weighted by Gasteiger charge is 2.03. The third-order valence-corrected chi connectivity index (χ3v) is 1.78. The fourth-order valence-electron chi connectivity index (χ4n) is 1.11. The van der Waals surface area contributed by atoms with Crippen molar-refractivity contribution < 1.29 is 0 Å². The number of imidazole rings is 1. The number of fused-ring (bicyclic) bond motifs is 1. The third-order valence-electron chi connectivity index (χ3n) is 1.78. The molecule has 0 unspecified atom stereocenters. The summed E-state index contributed by atoms with van der Waals surface area (Å²) in [6.07, 6.45) is 3.15. The van der Waals surface area contributed by atoms with Crippen molar-refractivity contribution in [3.05, 3.63) is 16.7 Å². The zero-order valence-corrected chi connectivity index (χ0v) is 8.48. The van der Waals surface area contributed by atoms with Gasteiger partial charge < -0.3 is 4.98 Å². The second-order valence-corrected chi connectivity index (χ2v) is 3.51. The Hall–Kier alpha value is -1.98. The average Bonchev–Trinajstić information content (AvgIpc) is 2.63. The van der Waals surface area contributed by atoms with Crippen molar-refractivity contribution in [1.29, 1.82) is 0 Å². The minimum Gasteiger partial charge on any atom is -0.339 e. The maximum absolute atomic E-state index is 11.5. The van der Waals surface area contributed by atoms with E-state index in [1.54, 1.807) is 6.21 Å². The fraction of sp³-hybridized carbons (Fsp3) is 0.333. The molecule has 0 fully saturated rings. The van der Waals surface area contributed by atoms with Gasteiger partial charge in [0.05, 0.1) is 6.33 Å². The van der Waals surface area contributed by atoms with Crippen LogP contribution >= 0.6 is 0 Å². The van der Waals surface area contributed by atoms with Crippen LogP contribution in [0.5, 0.6) is 0 Å². The molecule has 6 heteroatoms. The first kappa shape index (κ1) is 9.57. The summed E-state index contributed by atoms with van der Waals surface area (Å²) in [4.78, 5) is 28.8. The largest absolute Gasteiger partial charge is 0.339 e. The molecule has 2 N–H and O–H groups in total. The predicted octanol–water partition coefficient (Wildman–Crippen LogP) is 1.00. The van der Waals surface area contributed by atoms with Crippen LogP contribution in [0.2, 0.25) is 0 Å². The van der Waals surface area contributed by atoms with Gasteiger partial charge in [-0.2, -0.15) is 4.98 Å². The van der Waals surface area contributed by atoms with Crippen LogP contribution in [0.1, 0.15) is 13.8 Å². The van der Waals surface area contributed by atoms with Crippen LogP contribution < -0.4 is 5.56 Å². The molecule has 2 rings (SSSR count). The average molecular weight is 205 g/mol. The topological polar surface area (TPSA) is 86.8 Å². The number of hydrogen-bond donors (Lipinski definition) is 2. The molecular weight excluding hydrogens is 194 g/mol. The molecule has 0 aromatic carbocycles. The Bertz CT molecular complexity index is 551. The lowest BCUT2D eigenvalue weighted by atomic mass is 10.2. The first-order valence-corrected chi connectivity index (χ1v) is 4.64. The highest BCUT2D eigenvalue weighted by atomic mass is 16.1. The number of aromatic nitrogens is 4. The van der Waals surface area contributed by atoms with Crippen molar-refractivity contribution in [2.24, 2.45) is 10.9 Å². The van der Waals surface area contributed by atoms with Crippen molar-refractivity contribution >= 4 is 23.3 Å². The van der Waals surface area contributed by atoms with Crippen LogP contribution in [0.3, 0.4) is 0 Å². The minimum atomic E-state index is -0.256. The maximum atomic E-state index is 11.5. The van der Waals surface area contributed by atoms with E-state index in [1.807, 2.05) is 13.8 Å². The van der Waals surface area contributed by atoms with Gasteiger partial charge in [0, 0.05) is 6.21 Å². The lowest BCUT2D eigenvalue weighted by molar-refractivity contribution is 0.904. The molecule has 2 aromatic heterocycles. The van der Waals surface area contributed by atoms with Gasteiger partial charge in [-0.1, -0.05) is 13.8 Å².